The molecule has 0 amide bonds. The maximum atomic E-state index is 9.24. The van der Waals surface area contributed by atoms with Crippen LogP contribution in [0.5, 0.6) is 0 Å². The van der Waals surface area contributed by atoms with Gasteiger partial charge in [-0.2, -0.15) is 0 Å². The maximum absolute atomic E-state index is 9.24. The van der Waals surface area contributed by atoms with Crippen molar-refractivity contribution in [3.63, 3.8) is 0 Å². The molecule has 0 aliphatic heterocycles. The minimum absolute atomic E-state index is 0.0474. The summed E-state index contributed by atoms with van der Waals surface area (Å²) in [5, 5.41) is 20.3. The van der Waals surface area contributed by atoms with Crippen LogP contribution in [-0.4, -0.2) is 41.5 Å². The highest BCUT2D eigenvalue weighted by molar-refractivity contribution is 5.22. The van der Waals surface area contributed by atoms with Crippen LogP contribution in [0.25, 0.3) is 0 Å². The molecule has 0 saturated heterocycles. The molecule has 0 fully saturated rings. The van der Waals surface area contributed by atoms with E-state index in [1.807, 2.05) is 20.9 Å². The minimum atomic E-state index is -0.424. The van der Waals surface area contributed by atoms with Gasteiger partial charge in [0.2, 0.25) is 5.89 Å². The molecule has 0 spiro atoms. The van der Waals surface area contributed by atoms with Crippen LogP contribution in [0.3, 0.4) is 0 Å². The highest BCUT2D eigenvalue weighted by atomic mass is 16.4. The lowest BCUT2D eigenvalue weighted by atomic mass is 10.3. The first-order valence-corrected chi connectivity index (χ1v) is 5.50. The summed E-state index contributed by atoms with van der Waals surface area (Å²) in [4.78, 5) is 1.74. The van der Waals surface area contributed by atoms with E-state index in [0.717, 1.165) is 6.54 Å². The van der Waals surface area contributed by atoms with Gasteiger partial charge in [-0.1, -0.05) is 12.0 Å². The molecule has 1 aromatic heterocycles. The monoisotopic (exact) mass is 228 g/mol. The Hall–Kier alpha value is -1.14. The molecule has 0 aliphatic rings. The topological polar surface area (TPSA) is 74.4 Å². The predicted octanol–water partition coefficient (Wildman–Crippen LogP) is 0.557. The Balaban J connectivity index is 2.63. The molecule has 0 radical (unpaired) electrons. The van der Waals surface area contributed by atoms with Gasteiger partial charge in [-0.05, 0) is 20.4 Å². The van der Waals surface area contributed by atoms with Gasteiger partial charge in [-0.15, -0.1) is 5.10 Å². The van der Waals surface area contributed by atoms with Gasteiger partial charge in [0.25, 0.3) is 0 Å². The summed E-state index contributed by atoms with van der Waals surface area (Å²) in [6.07, 6.45) is -0.424. The number of aliphatic hydroxyl groups is 1. The van der Waals surface area contributed by atoms with Crippen LogP contribution in [0.1, 0.15) is 32.7 Å². The van der Waals surface area contributed by atoms with Crippen molar-refractivity contribution in [1.29, 1.82) is 0 Å². The van der Waals surface area contributed by atoms with Gasteiger partial charge in [-0.3, -0.25) is 0 Å². The molecule has 0 bridgehead atoms. The number of hydrogen-bond donors (Lipinski definition) is 2. The van der Waals surface area contributed by atoms with Crippen molar-refractivity contribution >= 4 is 6.01 Å². The number of likely N-dealkylation sites (N-methyl/N-ethyl adjacent to an activating group) is 1. The molecular weight excluding hydrogens is 208 g/mol. The zero-order valence-electron chi connectivity index (χ0n) is 10.3. The first-order chi connectivity index (χ1) is 7.54. The van der Waals surface area contributed by atoms with E-state index in [0.29, 0.717) is 18.5 Å². The van der Waals surface area contributed by atoms with Gasteiger partial charge in [0.05, 0.1) is 12.1 Å². The van der Waals surface area contributed by atoms with E-state index in [2.05, 4.69) is 15.5 Å². The Bertz CT molecular complexity index is 314. The van der Waals surface area contributed by atoms with Crippen molar-refractivity contribution in [1.82, 2.24) is 15.5 Å². The number of nitrogens with one attached hydrogen (secondary N) is 1. The summed E-state index contributed by atoms with van der Waals surface area (Å²) in [5.74, 6) is 0.564. The van der Waals surface area contributed by atoms with Gasteiger partial charge in [-0.25, -0.2) is 0 Å². The molecule has 92 valence electrons. The molecule has 1 aromatic rings. The van der Waals surface area contributed by atoms with Crippen LogP contribution < -0.4 is 10.2 Å². The second-order valence-electron chi connectivity index (χ2n) is 3.93. The number of nitrogens with zero attached hydrogens (tertiary/aromatic N) is 3. The molecule has 2 atom stereocenters. The molecule has 6 nitrogen and oxygen atoms in total. The Kier molecular flexibility index (Phi) is 4.70. The molecule has 16 heavy (non-hydrogen) atoms. The zero-order valence-corrected chi connectivity index (χ0v) is 10.3. The Morgan fingerprint density at radius 1 is 1.44 bits per heavy atom. The first kappa shape index (κ1) is 12.9. The van der Waals surface area contributed by atoms with Crippen LogP contribution >= 0.6 is 0 Å². The van der Waals surface area contributed by atoms with Crippen molar-refractivity contribution in [2.75, 3.05) is 25.0 Å². The fourth-order valence-corrected chi connectivity index (χ4v) is 1.42. The lowest BCUT2D eigenvalue weighted by Crippen LogP contribution is -2.27. The minimum Gasteiger partial charge on any atom is -0.406 e. The second kappa shape index (κ2) is 5.81. The summed E-state index contributed by atoms with van der Waals surface area (Å²) < 4.78 is 5.49. The Morgan fingerprint density at radius 2 is 2.12 bits per heavy atom. The Labute approximate surface area is 95.7 Å². The van der Waals surface area contributed by atoms with Gasteiger partial charge in [0.1, 0.15) is 0 Å². The van der Waals surface area contributed by atoms with Crippen molar-refractivity contribution in [3.05, 3.63) is 5.89 Å². The average Bonchev–Trinajstić information content (AvgIpc) is 2.65. The van der Waals surface area contributed by atoms with Crippen LogP contribution in [0.2, 0.25) is 0 Å². The summed E-state index contributed by atoms with van der Waals surface area (Å²) in [6, 6.07) is 0.479. The standard InChI is InChI=1S/C10H20N4O2/c1-5-11-8(3)9-12-13-10(16-9)14(4)6-7(2)15/h7-8,11,15H,5-6H2,1-4H3. The van der Waals surface area contributed by atoms with E-state index in [-0.39, 0.29) is 6.04 Å². The number of hydrogen-bond acceptors (Lipinski definition) is 6. The van der Waals surface area contributed by atoms with Gasteiger partial charge in [0.15, 0.2) is 0 Å². The number of anilines is 1. The maximum Gasteiger partial charge on any atom is 0.318 e. The van der Waals surface area contributed by atoms with Gasteiger partial charge in [0, 0.05) is 13.6 Å². The molecule has 6 heteroatoms. The van der Waals surface area contributed by atoms with E-state index in [1.165, 1.54) is 0 Å². The summed E-state index contributed by atoms with van der Waals surface area (Å²) in [7, 11) is 1.81. The highest BCUT2D eigenvalue weighted by Gasteiger charge is 2.15. The average molecular weight is 228 g/mol. The third-order valence-corrected chi connectivity index (χ3v) is 2.18. The van der Waals surface area contributed by atoms with Crippen molar-refractivity contribution < 1.29 is 9.52 Å². The fourth-order valence-electron chi connectivity index (χ4n) is 1.42. The van der Waals surface area contributed by atoms with E-state index < -0.39 is 6.10 Å². The quantitative estimate of drug-likeness (QED) is 0.741. The van der Waals surface area contributed by atoms with Crippen LogP contribution in [0, 0.1) is 0 Å². The summed E-state index contributed by atoms with van der Waals surface area (Å²) in [5.41, 5.74) is 0. The third kappa shape index (κ3) is 3.46. The third-order valence-electron chi connectivity index (χ3n) is 2.18. The lowest BCUT2D eigenvalue weighted by Gasteiger charge is -2.15. The van der Waals surface area contributed by atoms with Crippen molar-refractivity contribution in [2.45, 2.75) is 32.9 Å². The van der Waals surface area contributed by atoms with Gasteiger partial charge >= 0.3 is 6.01 Å². The zero-order chi connectivity index (χ0) is 12.1. The molecule has 0 saturated carbocycles. The van der Waals surface area contributed by atoms with Crippen molar-refractivity contribution in [3.8, 4) is 0 Å². The second-order valence-corrected chi connectivity index (χ2v) is 3.93. The number of aliphatic hydroxyl groups excluding tert-OH is 1. The SMILES string of the molecule is CCNC(C)c1nnc(N(C)CC(C)O)o1. The van der Waals surface area contributed by atoms with Gasteiger partial charge < -0.3 is 19.7 Å². The molecule has 0 aliphatic carbocycles. The van der Waals surface area contributed by atoms with Crippen LogP contribution in [0.15, 0.2) is 4.42 Å². The number of aromatic nitrogens is 2. The lowest BCUT2D eigenvalue weighted by molar-refractivity contribution is 0.199. The van der Waals surface area contributed by atoms with E-state index in [4.69, 9.17) is 4.42 Å². The highest BCUT2D eigenvalue weighted by Crippen LogP contribution is 2.16. The van der Waals surface area contributed by atoms with Crippen molar-refractivity contribution in [2.24, 2.45) is 0 Å². The smallest absolute Gasteiger partial charge is 0.318 e. The fraction of sp³-hybridized carbons (Fsp3) is 0.800. The molecule has 0 aromatic carbocycles. The van der Waals surface area contributed by atoms with E-state index in [1.54, 1.807) is 11.8 Å². The molecule has 2 unspecified atom stereocenters. The molecular formula is C10H20N4O2. The molecule has 2 N–H and O–H groups in total. The van der Waals surface area contributed by atoms with Crippen LogP contribution in [-0.2, 0) is 0 Å². The van der Waals surface area contributed by atoms with E-state index in [9.17, 15) is 5.11 Å². The molecule has 1 rings (SSSR count). The largest absolute Gasteiger partial charge is 0.406 e. The predicted molar refractivity (Wildman–Crippen MR) is 61.3 cm³/mol. The van der Waals surface area contributed by atoms with Crippen LogP contribution in [0.4, 0.5) is 6.01 Å². The first-order valence-electron chi connectivity index (χ1n) is 5.50. The summed E-state index contributed by atoms with van der Waals surface area (Å²) in [6.45, 7) is 7.03. The normalized spacial score (nSPS) is 14.8. The summed E-state index contributed by atoms with van der Waals surface area (Å²) >= 11 is 0. The van der Waals surface area contributed by atoms with E-state index >= 15 is 0 Å². The Morgan fingerprint density at radius 3 is 2.69 bits per heavy atom. The number of rotatable bonds is 6. The molecule has 1 heterocycles.